The Hall–Kier alpha value is -1.00. The van der Waals surface area contributed by atoms with E-state index in [1.54, 1.807) is 0 Å². The van der Waals surface area contributed by atoms with E-state index in [2.05, 4.69) is 47.1 Å². The van der Waals surface area contributed by atoms with Gasteiger partial charge >= 0.3 is 0 Å². The normalized spacial score (nSPS) is 31.2. The van der Waals surface area contributed by atoms with Gasteiger partial charge in [-0.05, 0) is 63.7 Å². The van der Waals surface area contributed by atoms with Crippen molar-refractivity contribution in [3.8, 4) is 0 Å². The van der Waals surface area contributed by atoms with Gasteiger partial charge in [-0.25, -0.2) is 0 Å². The monoisotopic (exact) mass is 276 g/mol. The van der Waals surface area contributed by atoms with Crippen LogP contribution < -0.4 is 16.0 Å². The van der Waals surface area contributed by atoms with E-state index < -0.39 is 0 Å². The molecular weight excluding hydrogens is 248 g/mol. The fourth-order valence-corrected chi connectivity index (χ4v) is 3.31. The van der Waals surface area contributed by atoms with E-state index >= 15 is 0 Å². The number of allylic oxidation sites excluding steroid dienone is 1. The molecule has 4 heteroatoms. The van der Waals surface area contributed by atoms with Crippen LogP contribution in [0.4, 0.5) is 0 Å². The molecule has 2 unspecified atom stereocenters. The van der Waals surface area contributed by atoms with E-state index in [1.807, 2.05) is 0 Å². The zero-order valence-corrected chi connectivity index (χ0v) is 12.8. The van der Waals surface area contributed by atoms with Gasteiger partial charge in [0.2, 0.25) is 0 Å². The minimum Gasteiger partial charge on any atom is -0.367 e. The van der Waals surface area contributed by atoms with Gasteiger partial charge in [0, 0.05) is 19.3 Å². The van der Waals surface area contributed by atoms with Crippen LogP contribution in [0.25, 0.3) is 0 Å². The summed E-state index contributed by atoms with van der Waals surface area (Å²) in [5.74, 6) is 1.64. The SMILES string of the molecule is C/C(=C\C1=CN(C)CN1)C1CC1NCC1CCNCC1. The second-order valence-electron chi connectivity index (χ2n) is 6.61. The Morgan fingerprint density at radius 2 is 2.25 bits per heavy atom. The number of hydrogen-bond acceptors (Lipinski definition) is 4. The molecule has 0 amide bonds. The lowest BCUT2D eigenvalue weighted by atomic mass is 9.98. The highest BCUT2D eigenvalue weighted by atomic mass is 15.2. The summed E-state index contributed by atoms with van der Waals surface area (Å²) in [6.45, 7) is 6.82. The Bertz CT molecular complexity index is 395. The van der Waals surface area contributed by atoms with Gasteiger partial charge in [-0.2, -0.15) is 0 Å². The summed E-state index contributed by atoms with van der Waals surface area (Å²) in [6.07, 6.45) is 8.49. The Kier molecular flexibility index (Phi) is 4.32. The second-order valence-corrected chi connectivity index (χ2v) is 6.61. The molecule has 0 aromatic carbocycles. The van der Waals surface area contributed by atoms with E-state index in [0.29, 0.717) is 0 Å². The Morgan fingerprint density at radius 1 is 1.45 bits per heavy atom. The molecule has 0 aromatic heterocycles. The zero-order chi connectivity index (χ0) is 13.9. The van der Waals surface area contributed by atoms with Crippen LogP contribution in [0.5, 0.6) is 0 Å². The maximum absolute atomic E-state index is 3.77. The third-order valence-corrected chi connectivity index (χ3v) is 4.78. The number of rotatable bonds is 5. The molecule has 4 nitrogen and oxygen atoms in total. The number of nitrogens with one attached hydrogen (secondary N) is 3. The van der Waals surface area contributed by atoms with Crippen molar-refractivity contribution in [2.24, 2.45) is 11.8 Å². The van der Waals surface area contributed by atoms with E-state index in [0.717, 1.165) is 24.5 Å². The zero-order valence-electron chi connectivity index (χ0n) is 12.8. The van der Waals surface area contributed by atoms with E-state index in [-0.39, 0.29) is 0 Å². The molecule has 0 radical (unpaired) electrons. The van der Waals surface area contributed by atoms with Crippen LogP contribution >= 0.6 is 0 Å². The lowest BCUT2D eigenvalue weighted by Gasteiger charge is -2.22. The van der Waals surface area contributed by atoms with Crippen LogP contribution in [0.3, 0.4) is 0 Å². The van der Waals surface area contributed by atoms with Gasteiger partial charge in [0.1, 0.15) is 0 Å². The largest absolute Gasteiger partial charge is 0.367 e. The van der Waals surface area contributed by atoms with Gasteiger partial charge in [-0.3, -0.25) is 0 Å². The first-order chi connectivity index (χ1) is 9.72. The van der Waals surface area contributed by atoms with E-state index in [4.69, 9.17) is 0 Å². The summed E-state index contributed by atoms with van der Waals surface area (Å²) in [5, 5.41) is 10.6. The summed E-state index contributed by atoms with van der Waals surface area (Å²) in [5.41, 5.74) is 2.77. The predicted octanol–water partition coefficient (Wildman–Crippen LogP) is 1.24. The molecule has 20 heavy (non-hydrogen) atoms. The highest BCUT2D eigenvalue weighted by Crippen LogP contribution is 2.37. The lowest BCUT2D eigenvalue weighted by Crippen LogP contribution is -2.34. The first-order valence-electron chi connectivity index (χ1n) is 8.00. The van der Waals surface area contributed by atoms with Crippen LogP contribution in [0.15, 0.2) is 23.5 Å². The Labute approximate surface area is 122 Å². The molecular formula is C16H28N4. The quantitative estimate of drug-likeness (QED) is 0.707. The molecule has 2 fully saturated rings. The molecule has 2 heterocycles. The molecule has 3 N–H and O–H groups in total. The molecule has 3 aliphatic rings. The third kappa shape index (κ3) is 3.55. The van der Waals surface area contributed by atoms with Crippen molar-refractivity contribution in [1.29, 1.82) is 0 Å². The standard InChI is InChI=1S/C16H28N4/c1-12(7-14-10-20(2)11-19-14)15-8-16(15)18-9-13-3-5-17-6-4-13/h7,10,13,15-19H,3-6,8-9,11H2,1-2H3/b12-7+. The van der Waals surface area contributed by atoms with E-state index in [9.17, 15) is 0 Å². The average Bonchev–Trinajstić information content (AvgIpc) is 3.13. The van der Waals surface area contributed by atoms with Crippen molar-refractivity contribution in [3.05, 3.63) is 23.5 Å². The molecule has 0 bridgehead atoms. The summed E-state index contributed by atoms with van der Waals surface area (Å²) in [7, 11) is 2.10. The fraction of sp³-hybridized carbons (Fsp3) is 0.750. The maximum atomic E-state index is 3.77. The van der Waals surface area contributed by atoms with Crippen molar-refractivity contribution in [2.75, 3.05) is 33.4 Å². The highest BCUT2D eigenvalue weighted by Gasteiger charge is 2.38. The minimum absolute atomic E-state index is 0.723. The highest BCUT2D eigenvalue weighted by molar-refractivity contribution is 5.28. The Morgan fingerprint density at radius 3 is 2.95 bits per heavy atom. The topological polar surface area (TPSA) is 39.3 Å². The fourth-order valence-electron chi connectivity index (χ4n) is 3.31. The number of hydrogen-bond donors (Lipinski definition) is 3. The smallest absolute Gasteiger partial charge is 0.0869 e. The summed E-state index contributed by atoms with van der Waals surface area (Å²) < 4.78 is 0. The van der Waals surface area contributed by atoms with Gasteiger partial charge in [0.25, 0.3) is 0 Å². The molecule has 0 aromatic rings. The van der Waals surface area contributed by atoms with Crippen molar-refractivity contribution < 1.29 is 0 Å². The lowest BCUT2D eigenvalue weighted by molar-refractivity contribution is 0.354. The van der Waals surface area contributed by atoms with Gasteiger partial charge in [-0.15, -0.1) is 0 Å². The van der Waals surface area contributed by atoms with Crippen LogP contribution in [-0.4, -0.2) is 44.3 Å². The Balaban J connectivity index is 1.42. The van der Waals surface area contributed by atoms with Crippen molar-refractivity contribution in [1.82, 2.24) is 20.9 Å². The number of nitrogens with zero attached hydrogens (tertiary/aromatic N) is 1. The van der Waals surface area contributed by atoms with Gasteiger partial charge in [0.05, 0.1) is 12.4 Å². The molecule has 1 saturated carbocycles. The summed E-state index contributed by atoms with van der Waals surface area (Å²) >= 11 is 0. The average molecular weight is 276 g/mol. The minimum atomic E-state index is 0.723. The molecule has 0 spiro atoms. The van der Waals surface area contributed by atoms with Crippen molar-refractivity contribution in [3.63, 3.8) is 0 Å². The van der Waals surface area contributed by atoms with Gasteiger partial charge in [0.15, 0.2) is 0 Å². The van der Waals surface area contributed by atoms with Crippen molar-refractivity contribution >= 4 is 0 Å². The summed E-state index contributed by atoms with van der Waals surface area (Å²) in [6, 6.07) is 0.723. The second kappa shape index (κ2) is 6.19. The maximum Gasteiger partial charge on any atom is 0.0869 e. The van der Waals surface area contributed by atoms with Crippen molar-refractivity contribution in [2.45, 2.75) is 32.2 Å². The van der Waals surface area contributed by atoms with Crippen LogP contribution in [-0.2, 0) is 0 Å². The molecule has 2 aliphatic heterocycles. The van der Waals surface area contributed by atoms with Gasteiger partial charge in [-0.1, -0.05) is 5.57 Å². The summed E-state index contributed by atoms with van der Waals surface area (Å²) in [4.78, 5) is 2.18. The number of piperidine rings is 1. The third-order valence-electron chi connectivity index (χ3n) is 4.78. The van der Waals surface area contributed by atoms with Crippen LogP contribution in [0.1, 0.15) is 26.2 Å². The molecule has 1 aliphatic carbocycles. The predicted molar refractivity (Wildman–Crippen MR) is 83.1 cm³/mol. The van der Waals surface area contributed by atoms with E-state index in [1.165, 1.54) is 50.2 Å². The van der Waals surface area contributed by atoms with Crippen LogP contribution in [0, 0.1) is 11.8 Å². The van der Waals surface area contributed by atoms with Gasteiger partial charge < -0.3 is 20.9 Å². The van der Waals surface area contributed by atoms with Crippen LogP contribution in [0.2, 0.25) is 0 Å². The molecule has 112 valence electrons. The molecule has 2 atom stereocenters. The first kappa shape index (κ1) is 14.0. The molecule has 3 rings (SSSR count). The molecule has 1 saturated heterocycles. The first-order valence-corrected chi connectivity index (χ1v) is 8.00.